The van der Waals surface area contributed by atoms with Gasteiger partial charge in [-0.3, -0.25) is 9.79 Å². The first-order valence-electron chi connectivity index (χ1n) is 9.30. The van der Waals surface area contributed by atoms with Crippen LogP contribution in [0.2, 0.25) is 0 Å². The molecule has 2 fully saturated rings. The van der Waals surface area contributed by atoms with Crippen molar-refractivity contribution in [3.63, 3.8) is 0 Å². The number of rotatable bonds is 9. The van der Waals surface area contributed by atoms with Gasteiger partial charge in [-0.2, -0.15) is 0 Å². The molecule has 0 bridgehead atoms. The van der Waals surface area contributed by atoms with Crippen molar-refractivity contribution in [2.75, 3.05) is 13.1 Å². The van der Waals surface area contributed by atoms with Gasteiger partial charge in [0.25, 0.3) is 11.8 Å². The minimum Gasteiger partial charge on any atom is -0.403 e. The van der Waals surface area contributed by atoms with Gasteiger partial charge in [-0.15, -0.1) is 0 Å². The zero-order valence-corrected chi connectivity index (χ0v) is 15.4. The van der Waals surface area contributed by atoms with Gasteiger partial charge in [0.1, 0.15) is 6.54 Å². The van der Waals surface area contributed by atoms with E-state index in [1.807, 2.05) is 18.2 Å². The van der Waals surface area contributed by atoms with Crippen LogP contribution in [0.25, 0.3) is 0 Å². The quantitative estimate of drug-likeness (QED) is 0.580. The highest BCUT2D eigenvalue weighted by Crippen LogP contribution is 2.41. The summed E-state index contributed by atoms with van der Waals surface area (Å²) in [7, 11) is 0. The van der Waals surface area contributed by atoms with E-state index < -0.39 is 12.5 Å². The lowest BCUT2D eigenvalue weighted by molar-refractivity contribution is 0.0328. The largest absolute Gasteiger partial charge is 0.403 e. The molecule has 3 rings (SSSR count). The Morgan fingerprint density at radius 1 is 1.41 bits per heavy atom. The summed E-state index contributed by atoms with van der Waals surface area (Å²) in [5.41, 5.74) is 7.28. The van der Waals surface area contributed by atoms with Crippen LogP contribution in [0.4, 0.5) is 8.78 Å². The van der Waals surface area contributed by atoms with Crippen LogP contribution >= 0.6 is 0 Å². The summed E-state index contributed by atoms with van der Waals surface area (Å²) in [5, 5.41) is 6.19. The molecule has 4 N–H and O–H groups in total. The molecule has 2 unspecified atom stereocenters. The zero-order chi connectivity index (χ0) is 19.4. The number of benzene rings is 1. The molecule has 2 saturated carbocycles. The average Bonchev–Trinajstić information content (AvgIpc) is 3.52. The Bertz CT molecular complexity index is 738. The molecular weight excluding hydrogens is 350 g/mol. The van der Waals surface area contributed by atoms with Crippen molar-refractivity contribution in [3.05, 3.63) is 47.3 Å². The fourth-order valence-corrected chi connectivity index (χ4v) is 2.96. The van der Waals surface area contributed by atoms with Crippen molar-refractivity contribution < 1.29 is 13.6 Å². The Morgan fingerprint density at radius 2 is 2.19 bits per heavy atom. The van der Waals surface area contributed by atoms with Crippen LogP contribution in [0.5, 0.6) is 0 Å². The third-order valence-corrected chi connectivity index (χ3v) is 4.77. The first-order valence-corrected chi connectivity index (χ1v) is 9.30. The van der Waals surface area contributed by atoms with Gasteiger partial charge in [0.2, 0.25) is 0 Å². The molecule has 5 nitrogen and oxygen atoms in total. The summed E-state index contributed by atoms with van der Waals surface area (Å²) in [6.07, 6.45) is 6.03. The van der Waals surface area contributed by atoms with Crippen molar-refractivity contribution in [1.29, 1.82) is 0 Å². The molecule has 2 atom stereocenters. The molecule has 0 aromatic heterocycles. The van der Waals surface area contributed by atoms with Crippen LogP contribution in [0.15, 0.2) is 41.2 Å². The zero-order valence-electron chi connectivity index (χ0n) is 15.4. The van der Waals surface area contributed by atoms with Crippen LogP contribution < -0.4 is 16.4 Å². The van der Waals surface area contributed by atoms with Crippen LogP contribution in [0.1, 0.15) is 48.0 Å². The molecule has 1 aromatic carbocycles. The van der Waals surface area contributed by atoms with Crippen molar-refractivity contribution in [2.45, 2.75) is 44.1 Å². The minimum atomic E-state index is -2.90. The van der Waals surface area contributed by atoms with Gasteiger partial charge < -0.3 is 16.4 Å². The smallest absolute Gasteiger partial charge is 0.264 e. The number of halogens is 2. The van der Waals surface area contributed by atoms with E-state index in [0.717, 1.165) is 43.8 Å². The highest BCUT2D eigenvalue weighted by Gasteiger charge is 2.39. The second-order valence-corrected chi connectivity index (χ2v) is 7.54. The molecule has 1 aromatic rings. The molecular formula is C20H26F2N4O. The summed E-state index contributed by atoms with van der Waals surface area (Å²) >= 11 is 0. The maximum Gasteiger partial charge on any atom is 0.264 e. The molecule has 0 heterocycles. The fourth-order valence-electron chi connectivity index (χ4n) is 2.96. The molecule has 0 aliphatic heterocycles. The second kappa shape index (κ2) is 8.17. The Balaban J connectivity index is 1.55. The summed E-state index contributed by atoms with van der Waals surface area (Å²) in [6, 6.07) is 7.98. The highest BCUT2D eigenvalue weighted by molar-refractivity contribution is 5.98. The van der Waals surface area contributed by atoms with Crippen molar-refractivity contribution in [2.24, 2.45) is 16.6 Å². The summed E-state index contributed by atoms with van der Waals surface area (Å²) in [4.78, 5) is 16.1. The number of aliphatic imine (C=N–C) groups is 1. The van der Waals surface area contributed by atoms with E-state index in [9.17, 15) is 13.6 Å². The number of nitrogens with two attached hydrogens (primary N) is 1. The predicted octanol–water partition coefficient (Wildman–Crippen LogP) is 2.80. The first kappa shape index (κ1) is 19.5. The van der Waals surface area contributed by atoms with E-state index in [2.05, 4.69) is 15.6 Å². The van der Waals surface area contributed by atoms with E-state index in [4.69, 9.17) is 5.73 Å². The number of nitrogens with one attached hydrogen (secondary N) is 2. The molecule has 146 valence electrons. The van der Waals surface area contributed by atoms with Crippen molar-refractivity contribution >= 4 is 12.1 Å². The van der Waals surface area contributed by atoms with Crippen molar-refractivity contribution in [3.8, 4) is 0 Å². The molecule has 1 amide bonds. The number of alkyl halides is 2. The van der Waals surface area contributed by atoms with Crippen LogP contribution in [0.3, 0.4) is 0 Å². The van der Waals surface area contributed by atoms with Gasteiger partial charge in [-0.05, 0) is 49.4 Å². The number of nitrogens with zero attached hydrogens (tertiary/aromatic N) is 1. The number of hydrogen-bond donors (Lipinski definition) is 3. The van der Waals surface area contributed by atoms with E-state index in [0.29, 0.717) is 17.5 Å². The van der Waals surface area contributed by atoms with Gasteiger partial charge >= 0.3 is 0 Å². The van der Waals surface area contributed by atoms with Crippen LogP contribution in [-0.4, -0.2) is 37.2 Å². The normalized spacial score (nSPS) is 22.9. The molecule has 0 saturated heterocycles. The number of allylic oxidation sites excluding steroid dienone is 1. The Morgan fingerprint density at radius 3 is 2.85 bits per heavy atom. The maximum absolute atomic E-state index is 12.8. The molecule has 0 radical (unpaired) electrons. The number of amides is 1. The predicted molar refractivity (Wildman–Crippen MR) is 102 cm³/mol. The minimum absolute atomic E-state index is 0.185. The third-order valence-electron chi connectivity index (χ3n) is 4.77. The van der Waals surface area contributed by atoms with E-state index in [-0.39, 0.29) is 11.6 Å². The number of carbonyl (C=O) groups excluding carboxylic acids is 1. The van der Waals surface area contributed by atoms with Crippen LogP contribution in [0, 0.1) is 5.92 Å². The maximum atomic E-state index is 12.8. The van der Waals surface area contributed by atoms with E-state index in [1.54, 1.807) is 6.07 Å². The second-order valence-electron chi connectivity index (χ2n) is 7.54. The Hall–Kier alpha value is -2.28. The lowest BCUT2D eigenvalue weighted by Gasteiger charge is -2.09. The molecule has 2 aliphatic carbocycles. The molecule has 2 aliphatic rings. The Labute approximate surface area is 158 Å². The monoisotopic (exact) mass is 376 g/mol. The van der Waals surface area contributed by atoms with E-state index >= 15 is 0 Å². The number of carbonyl (C=O) groups is 1. The first-order chi connectivity index (χ1) is 12.9. The summed E-state index contributed by atoms with van der Waals surface area (Å²) in [6.45, 7) is 1.21. The standard InChI is InChI=1S/C20H26F2N4O/c1-20(21,22)12-24-11-16(9-23)26-19(27)15-4-2-3-14(7-15)17-8-18(17)25-10-13-5-6-13/h2-4,7,9,11,13,17-18,25H,5-6,8,10,12,23H2,1H3,(H,26,27). The Kier molecular flexibility index (Phi) is 5.89. The van der Waals surface area contributed by atoms with Gasteiger partial charge in [-0.25, -0.2) is 8.78 Å². The summed E-state index contributed by atoms with van der Waals surface area (Å²) in [5.74, 6) is -1.96. The third kappa shape index (κ3) is 6.13. The van der Waals surface area contributed by atoms with Gasteiger partial charge in [-0.1, -0.05) is 12.1 Å². The van der Waals surface area contributed by atoms with Gasteiger partial charge in [0, 0.05) is 36.9 Å². The summed E-state index contributed by atoms with van der Waals surface area (Å²) < 4.78 is 25.6. The highest BCUT2D eigenvalue weighted by atomic mass is 19.3. The lowest BCUT2D eigenvalue weighted by Crippen LogP contribution is -2.25. The topological polar surface area (TPSA) is 79.5 Å². The molecule has 27 heavy (non-hydrogen) atoms. The van der Waals surface area contributed by atoms with Crippen molar-refractivity contribution in [1.82, 2.24) is 10.6 Å². The number of hydrogen-bond acceptors (Lipinski definition) is 4. The molecule has 0 spiro atoms. The SMILES string of the molecule is CC(F)(F)CN=CC(=CN)NC(=O)c1cccc(C2CC2NCC2CC2)c1. The van der Waals surface area contributed by atoms with Gasteiger partial charge in [0.05, 0.1) is 5.70 Å². The van der Waals surface area contributed by atoms with Crippen LogP contribution in [-0.2, 0) is 0 Å². The lowest BCUT2D eigenvalue weighted by atomic mass is 10.1. The van der Waals surface area contributed by atoms with Gasteiger partial charge in [0.15, 0.2) is 0 Å². The molecule has 7 heteroatoms. The fraction of sp³-hybridized carbons (Fsp3) is 0.500. The average molecular weight is 376 g/mol. The van der Waals surface area contributed by atoms with E-state index in [1.165, 1.54) is 12.8 Å².